The first kappa shape index (κ1) is 20.1. The first-order valence-corrected chi connectivity index (χ1v) is 9.32. The van der Waals surface area contributed by atoms with Crippen molar-refractivity contribution in [1.82, 2.24) is 0 Å². The molecule has 6 heteroatoms. The smallest absolute Gasteiger partial charge is 0.317 e. The second-order valence-electron chi connectivity index (χ2n) is 6.51. The van der Waals surface area contributed by atoms with Crippen LogP contribution in [0.25, 0.3) is 5.57 Å². The second-order valence-corrected chi connectivity index (χ2v) is 6.91. The molecule has 1 aliphatic rings. The molecule has 2 aromatic rings. The first-order valence-electron chi connectivity index (χ1n) is 8.95. The standard InChI is InChI=1S/C22H20ClFO4/c1-3-28-22(26)21-18(17-9-6-15(24)12-19(17)23)10-14(11-20(21)25)13-4-7-16(27-2)8-5-13/h4-9,11-12,18,21H,3,10H2,1-2H3. The minimum Gasteiger partial charge on any atom is -0.497 e. The number of carbonyl (C=O) groups is 2. The number of hydrogen-bond donors (Lipinski definition) is 0. The second kappa shape index (κ2) is 8.57. The molecule has 0 radical (unpaired) electrons. The van der Waals surface area contributed by atoms with Crippen LogP contribution in [0.3, 0.4) is 0 Å². The van der Waals surface area contributed by atoms with Crippen LogP contribution in [0.1, 0.15) is 30.4 Å². The third kappa shape index (κ3) is 4.09. The third-order valence-corrected chi connectivity index (χ3v) is 5.16. The monoisotopic (exact) mass is 402 g/mol. The maximum absolute atomic E-state index is 13.5. The number of ketones is 1. The molecule has 0 bridgehead atoms. The van der Waals surface area contributed by atoms with E-state index in [1.165, 1.54) is 24.3 Å². The van der Waals surface area contributed by atoms with Crippen LogP contribution in [0.4, 0.5) is 4.39 Å². The fourth-order valence-corrected chi connectivity index (χ4v) is 3.79. The molecule has 0 aromatic heterocycles. The van der Waals surface area contributed by atoms with E-state index in [2.05, 4.69) is 0 Å². The number of esters is 1. The van der Waals surface area contributed by atoms with Crippen molar-refractivity contribution in [2.45, 2.75) is 19.3 Å². The van der Waals surface area contributed by atoms with Gasteiger partial charge in [-0.2, -0.15) is 0 Å². The number of halogens is 2. The summed E-state index contributed by atoms with van der Waals surface area (Å²) in [6.45, 7) is 1.85. The van der Waals surface area contributed by atoms with E-state index >= 15 is 0 Å². The number of rotatable bonds is 5. The number of ether oxygens (including phenoxy) is 2. The Balaban J connectivity index is 2.03. The highest BCUT2D eigenvalue weighted by atomic mass is 35.5. The van der Waals surface area contributed by atoms with Gasteiger partial charge in [-0.25, -0.2) is 4.39 Å². The van der Waals surface area contributed by atoms with Crippen molar-refractivity contribution >= 4 is 28.9 Å². The fraction of sp³-hybridized carbons (Fsp3) is 0.273. The van der Waals surface area contributed by atoms with Crippen molar-refractivity contribution in [3.63, 3.8) is 0 Å². The van der Waals surface area contributed by atoms with E-state index < -0.39 is 23.6 Å². The highest BCUT2D eigenvalue weighted by Crippen LogP contribution is 2.42. The molecule has 3 rings (SSSR count). The zero-order chi connectivity index (χ0) is 20.3. The minimum atomic E-state index is -1.01. The summed E-state index contributed by atoms with van der Waals surface area (Å²) < 4.78 is 23.8. The zero-order valence-electron chi connectivity index (χ0n) is 15.6. The summed E-state index contributed by atoms with van der Waals surface area (Å²) in [7, 11) is 1.58. The van der Waals surface area contributed by atoms with E-state index in [0.717, 1.165) is 11.1 Å². The van der Waals surface area contributed by atoms with Crippen LogP contribution >= 0.6 is 11.6 Å². The van der Waals surface area contributed by atoms with Gasteiger partial charge < -0.3 is 9.47 Å². The van der Waals surface area contributed by atoms with Gasteiger partial charge in [0.2, 0.25) is 0 Å². The summed E-state index contributed by atoms with van der Waals surface area (Å²) >= 11 is 6.25. The molecule has 0 saturated carbocycles. The maximum atomic E-state index is 13.5. The summed E-state index contributed by atoms with van der Waals surface area (Å²) in [5, 5.41) is 0.183. The Kier molecular flexibility index (Phi) is 6.15. The molecule has 4 nitrogen and oxygen atoms in total. The third-order valence-electron chi connectivity index (χ3n) is 4.83. The van der Waals surface area contributed by atoms with Gasteiger partial charge in [-0.1, -0.05) is 29.8 Å². The Morgan fingerprint density at radius 3 is 2.54 bits per heavy atom. The zero-order valence-corrected chi connectivity index (χ0v) is 16.3. The lowest BCUT2D eigenvalue weighted by atomic mass is 9.73. The van der Waals surface area contributed by atoms with Crippen molar-refractivity contribution in [1.29, 1.82) is 0 Å². The predicted octanol–water partition coefficient (Wildman–Crippen LogP) is 4.81. The lowest BCUT2D eigenvalue weighted by Gasteiger charge is -2.30. The van der Waals surface area contributed by atoms with Gasteiger partial charge in [0, 0.05) is 10.9 Å². The Labute approximate surface area is 167 Å². The van der Waals surface area contributed by atoms with Crippen LogP contribution in [0.5, 0.6) is 5.75 Å². The molecule has 0 aliphatic heterocycles. The molecule has 2 unspecified atom stereocenters. The maximum Gasteiger partial charge on any atom is 0.317 e. The molecule has 0 N–H and O–H groups in total. The summed E-state index contributed by atoms with van der Waals surface area (Å²) in [5.74, 6) is -2.26. The summed E-state index contributed by atoms with van der Waals surface area (Å²) in [4.78, 5) is 25.4. The van der Waals surface area contributed by atoms with Crippen molar-refractivity contribution < 1.29 is 23.5 Å². The molecule has 2 atom stereocenters. The van der Waals surface area contributed by atoms with E-state index in [1.54, 1.807) is 26.2 Å². The molecule has 28 heavy (non-hydrogen) atoms. The number of methoxy groups -OCH3 is 1. The molecule has 0 amide bonds. The van der Waals surface area contributed by atoms with E-state index in [9.17, 15) is 14.0 Å². The Bertz CT molecular complexity index is 921. The Hall–Kier alpha value is -2.66. The average Bonchev–Trinajstić information content (AvgIpc) is 2.67. The van der Waals surface area contributed by atoms with Crippen molar-refractivity contribution in [3.8, 4) is 5.75 Å². The van der Waals surface area contributed by atoms with E-state index in [4.69, 9.17) is 21.1 Å². The molecule has 0 heterocycles. The highest BCUT2D eigenvalue weighted by molar-refractivity contribution is 6.31. The SMILES string of the molecule is CCOC(=O)C1C(=O)C=C(c2ccc(OC)cc2)CC1c1ccc(F)cc1Cl. The Morgan fingerprint density at radius 2 is 1.93 bits per heavy atom. The topological polar surface area (TPSA) is 52.6 Å². The van der Waals surface area contributed by atoms with Gasteiger partial charge in [0.25, 0.3) is 0 Å². The van der Waals surface area contributed by atoms with Crippen LogP contribution in [-0.4, -0.2) is 25.5 Å². The van der Waals surface area contributed by atoms with E-state index in [1.807, 2.05) is 12.1 Å². The summed E-state index contributed by atoms with van der Waals surface area (Å²) in [6, 6.07) is 11.3. The molecule has 0 fully saturated rings. The van der Waals surface area contributed by atoms with E-state index in [0.29, 0.717) is 17.7 Å². The molecule has 0 saturated heterocycles. The van der Waals surface area contributed by atoms with Crippen molar-refractivity contribution in [2.75, 3.05) is 13.7 Å². The van der Waals surface area contributed by atoms with Crippen molar-refractivity contribution in [3.05, 3.63) is 70.5 Å². The van der Waals surface area contributed by atoms with Gasteiger partial charge in [-0.05, 0) is 60.4 Å². The number of benzene rings is 2. The van der Waals surface area contributed by atoms with Gasteiger partial charge in [0.15, 0.2) is 5.78 Å². The van der Waals surface area contributed by atoms with Gasteiger partial charge >= 0.3 is 5.97 Å². The lowest BCUT2D eigenvalue weighted by molar-refractivity contribution is -0.151. The lowest BCUT2D eigenvalue weighted by Crippen LogP contribution is -2.34. The summed E-state index contributed by atoms with van der Waals surface area (Å²) in [6.07, 6.45) is 1.88. The van der Waals surface area contributed by atoms with E-state index in [-0.39, 0.29) is 17.4 Å². The molecule has 0 spiro atoms. The van der Waals surface area contributed by atoms with Crippen LogP contribution in [0, 0.1) is 11.7 Å². The average molecular weight is 403 g/mol. The largest absolute Gasteiger partial charge is 0.497 e. The number of allylic oxidation sites excluding steroid dienone is 2. The number of carbonyl (C=O) groups excluding carboxylic acids is 2. The van der Waals surface area contributed by atoms with Gasteiger partial charge in [0.05, 0.1) is 13.7 Å². The predicted molar refractivity (Wildman–Crippen MR) is 105 cm³/mol. The van der Waals surface area contributed by atoms with Crippen LogP contribution in [0.15, 0.2) is 48.5 Å². The fourth-order valence-electron chi connectivity index (χ4n) is 3.48. The molecular weight excluding hydrogens is 383 g/mol. The van der Waals surface area contributed by atoms with Crippen LogP contribution < -0.4 is 4.74 Å². The first-order chi connectivity index (χ1) is 13.4. The number of hydrogen-bond acceptors (Lipinski definition) is 4. The molecule has 1 aliphatic carbocycles. The molecule has 2 aromatic carbocycles. The summed E-state index contributed by atoms with van der Waals surface area (Å²) in [5.41, 5.74) is 2.17. The molecule has 146 valence electrons. The highest BCUT2D eigenvalue weighted by Gasteiger charge is 2.40. The Morgan fingerprint density at radius 1 is 1.21 bits per heavy atom. The normalized spacial score (nSPS) is 19.1. The molecular formula is C22H20ClFO4. The van der Waals surface area contributed by atoms with Crippen LogP contribution in [-0.2, 0) is 14.3 Å². The quantitative estimate of drug-likeness (QED) is 0.532. The van der Waals surface area contributed by atoms with Gasteiger partial charge in [0.1, 0.15) is 17.5 Å². The van der Waals surface area contributed by atoms with Crippen molar-refractivity contribution in [2.24, 2.45) is 5.92 Å². The minimum absolute atomic E-state index is 0.168. The van der Waals surface area contributed by atoms with Crippen LogP contribution in [0.2, 0.25) is 5.02 Å². The van der Waals surface area contributed by atoms with Gasteiger partial charge in [-0.15, -0.1) is 0 Å². The van der Waals surface area contributed by atoms with Gasteiger partial charge in [-0.3, -0.25) is 9.59 Å².